The number of aliphatic hydroxyl groups excluding tert-OH is 1. The second-order valence-corrected chi connectivity index (χ2v) is 18.2. The van der Waals surface area contributed by atoms with Crippen LogP contribution >= 0.6 is 7.82 Å². The van der Waals surface area contributed by atoms with E-state index in [1.54, 1.807) is 0 Å². The van der Waals surface area contributed by atoms with Gasteiger partial charge < -0.3 is 30.3 Å². The molecule has 0 saturated carbocycles. The van der Waals surface area contributed by atoms with Gasteiger partial charge in [-0.05, 0) is 51.4 Å². The van der Waals surface area contributed by atoms with Crippen molar-refractivity contribution in [3.05, 3.63) is 48.6 Å². The van der Waals surface area contributed by atoms with E-state index >= 15 is 0 Å². The molecule has 0 radical (unpaired) electrons. The average Bonchev–Trinajstić information content (AvgIpc) is 3.25. The number of hydrogen-bond acceptors (Lipinski definition) is 10. The van der Waals surface area contributed by atoms with Crippen LogP contribution in [-0.4, -0.2) is 71.1 Å². The molecule has 0 aliphatic heterocycles. The van der Waals surface area contributed by atoms with Crippen molar-refractivity contribution in [2.24, 2.45) is 5.73 Å². The molecule has 0 aromatic rings. The number of esters is 2. The van der Waals surface area contributed by atoms with Crippen molar-refractivity contribution < 1.29 is 52.6 Å². The summed E-state index contributed by atoms with van der Waals surface area (Å²) in [6.07, 6.45) is 48.2. The normalized spacial score (nSPS) is 14.5. The second-order valence-electron chi connectivity index (χ2n) is 16.8. The van der Waals surface area contributed by atoms with Crippen LogP contribution in [0.5, 0.6) is 0 Å². The zero-order chi connectivity index (χ0) is 46.5. The Hall–Kier alpha value is -2.60. The molecule has 0 saturated heterocycles. The van der Waals surface area contributed by atoms with Gasteiger partial charge in [0.1, 0.15) is 12.6 Å². The van der Waals surface area contributed by atoms with E-state index in [1.165, 1.54) is 109 Å². The van der Waals surface area contributed by atoms with Gasteiger partial charge in [0, 0.05) is 12.8 Å². The van der Waals surface area contributed by atoms with E-state index < -0.39 is 51.1 Å². The van der Waals surface area contributed by atoms with E-state index in [-0.39, 0.29) is 25.6 Å². The molecular weight excluding hydrogens is 822 g/mol. The fraction of sp³-hybridized carbons (Fsp3) is 0.780. The van der Waals surface area contributed by atoms with Crippen molar-refractivity contribution in [2.75, 3.05) is 19.8 Å². The number of phosphoric acid groups is 1. The first-order valence-electron chi connectivity index (χ1n) is 24.7. The maximum Gasteiger partial charge on any atom is 0.472 e. The Morgan fingerprint density at radius 2 is 0.984 bits per heavy atom. The van der Waals surface area contributed by atoms with Gasteiger partial charge in [0.25, 0.3) is 0 Å². The van der Waals surface area contributed by atoms with Gasteiger partial charge in [0.2, 0.25) is 0 Å². The molecule has 13 heteroatoms. The molecule has 0 aromatic carbocycles. The third-order valence-corrected chi connectivity index (χ3v) is 11.6. The first-order chi connectivity index (χ1) is 30.5. The molecule has 0 bridgehead atoms. The zero-order valence-corrected chi connectivity index (χ0v) is 40.4. The highest BCUT2D eigenvalue weighted by atomic mass is 31.2. The van der Waals surface area contributed by atoms with Crippen molar-refractivity contribution >= 4 is 25.7 Å². The van der Waals surface area contributed by atoms with Crippen LogP contribution in [0.1, 0.15) is 213 Å². The number of hydrogen-bond donors (Lipinski definition) is 4. The standard InChI is InChI=1S/C50H90NO11P/c1-3-5-6-7-8-9-10-11-12-13-14-15-16-17-18-21-24-27-30-33-36-40-48(53)59-42-46(43-60-63(57,58)61-44-47(51)50(55)56)62-49(54)41-37-34-31-28-25-22-19-20-23-26-29-32-35-39-45(52)38-4-2/h19,22-23,26,28,31-32,35,45-47,52H,3-18,20-21,24-25,27,29-30,33-34,36-44,51H2,1-2H3,(H,55,56)(H,57,58)/b22-19-,26-23-,31-28-,35-32-/t45?,46-,47+/m1/s1. The minimum atomic E-state index is -4.74. The third kappa shape index (κ3) is 44.4. The molecule has 0 heterocycles. The summed E-state index contributed by atoms with van der Waals surface area (Å²) in [7, 11) is -4.74. The van der Waals surface area contributed by atoms with Crippen LogP contribution in [0.3, 0.4) is 0 Å². The third-order valence-electron chi connectivity index (χ3n) is 10.6. The number of rotatable bonds is 46. The molecule has 4 atom stereocenters. The minimum Gasteiger partial charge on any atom is -0.480 e. The van der Waals surface area contributed by atoms with E-state index in [0.717, 1.165) is 51.4 Å². The molecule has 5 N–H and O–H groups in total. The van der Waals surface area contributed by atoms with Crippen LogP contribution in [0.15, 0.2) is 48.6 Å². The van der Waals surface area contributed by atoms with Crippen molar-refractivity contribution in [3.63, 3.8) is 0 Å². The molecule has 63 heavy (non-hydrogen) atoms. The molecule has 0 amide bonds. The Labute approximate surface area is 382 Å². The van der Waals surface area contributed by atoms with E-state index in [4.69, 9.17) is 24.8 Å². The van der Waals surface area contributed by atoms with E-state index in [0.29, 0.717) is 25.7 Å². The number of nitrogens with two attached hydrogens (primary N) is 1. The molecule has 366 valence electrons. The molecule has 12 nitrogen and oxygen atoms in total. The summed E-state index contributed by atoms with van der Waals surface area (Å²) >= 11 is 0. The van der Waals surface area contributed by atoms with Crippen LogP contribution in [0.2, 0.25) is 0 Å². The predicted molar refractivity (Wildman–Crippen MR) is 255 cm³/mol. The summed E-state index contributed by atoms with van der Waals surface area (Å²) in [5, 5.41) is 18.6. The second kappa shape index (κ2) is 44.6. The summed E-state index contributed by atoms with van der Waals surface area (Å²) in [6.45, 7) is 2.57. The van der Waals surface area contributed by atoms with E-state index in [1.807, 2.05) is 18.2 Å². The number of aliphatic hydroxyl groups is 1. The van der Waals surface area contributed by atoms with Crippen LogP contribution < -0.4 is 5.73 Å². The molecule has 0 fully saturated rings. The summed E-state index contributed by atoms with van der Waals surface area (Å²) in [4.78, 5) is 46.1. The smallest absolute Gasteiger partial charge is 0.472 e. The minimum absolute atomic E-state index is 0.0711. The lowest BCUT2D eigenvalue weighted by Gasteiger charge is -2.20. The number of phosphoric ester groups is 1. The quantitative estimate of drug-likeness (QED) is 0.0196. The van der Waals surface area contributed by atoms with Gasteiger partial charge in [-0.15, -0.1) is 0 Å². The van der Waals surface area contributed by atoms with Crippen LogP contribution in [-0.2, 0) is 37.5 Å². The van der Waals surface area contributed by atoms with Gasteiger partial charge >= 0.3 is 25.7 Å². The fourth-order valence-corrected chi connectivity index (χ4v) is 7.56. The van der Waals surface area contributed by atoms with Crippen LogP contribution in [0, 0.1) is 0 Å². The number of carboxylic acids is 1. The molecule has 0 aliphatic carbocycles. The monoisotopic (exact) mass is 912 g/mol. The lowest BCUT2D eigenvalue weighted by atomic mass is 10.0. The fourth-order valence-electron chi connectivity index (χ4n) is 6.78. The molecule has 2 unspecified atom stereocenters. The van der Waals surface area contributed by atoms with Gasteiger partial charge in [-0.25, -0.2) is 4.57 Å². The SMILES string of the molecule is CCCCCCCCCCCCCCCCCCCCCCCC(=O)OC[C@H](COP(=O)(O)OC[C@H](N)C(=O)O)OC(=O)CCC/C=C\C/C=C\C/C=C\C/C=C\CC(O)CCC. The number of ether oxygens (including phenoxy) is 2. The molecular formula is C50H90NO11P. The van der Waals surface area contributed by atoms with Crippen molar-refractivity contribution in [1.82, 2.24) is 0 Å². The maximum absolute atomic E-state index is 12.6. The van der Waals surface area contributed by atoms with Crippen molar-refractivity contribution in [1.29, 1.82) is 0 Å². The number of carbonyl (C=O) groups excluding carboxylic acids is 2. The summed E-state index contributed by atoms with van der Waals surface area (Å²) in [6, 6.07) is -1.54. The number of allylic oxidation sites excluding steroid dienone is 7. The largest absolute Gasteiger partial charge is 0.480 e. The Morgan fingerprint density at radius 3 is 1.46 bits per heavy atom. The highest BCUT2D eigenvalue weighted by Gasteiger charge is 2.28. The lowest BCUT2D eigenvalue weighted by Crippen LogP contribution is -2.34. The highest BCUT2D eigenvalue weighted by Crippen LogP contribution is 2.43. The summed E-state index contributed by atoms with van der Waals surface area (Å²) in [5.41, 5.74) is 5.34. The van der Waals surface area contributed by atoms with E-state index in [2.05, 4.69) is 48.8 Å². The Bertz CT molecular complexity index is 1270. The number of aliphatic carboxylic acids is 1. The Morgan fingerprint density at radius 1 is 0.556 bits per heavy atom. The molecule has 0 spiro atoms. The first kappa shape index (κ1) is 60.4. The summed E-state index contributed by atoms with van der Waals surface area (Å²) < 4.78 is 32.7. The molecule has 0 aliphatic rings. The van der Waals surface area contributed by atoms with E-state index in [9.17, 15) is 28.9 Å². The summed E-state index contributed by atoms with van der Waals surface area (Å²) in [5.74, 6) is -2.47. The van der Waals surface area contributed by atoms with Gasteiger partial charge in [-0.2, -0.15) is 0 Å². The number of carboxylic acid groups (broad SMARTS) is 1. The zero-order valence-electron chi connectivity index (χ0n) is 39.5. The lowest BCUT2D eigenvalue weighted by molar-refractivity contribution is -0.161. The van der Waals surface area contributed by atoms with Gasteiger partial charge in [-0.3, -0.25) is 23.4 Å². The van der Waals surface area contributed by atoms with Gasteiger partial charge in [-0.1, -0.05) is 197 Å². The van der Waals surface area contributed by atoms with Crippen LogP contribution in [0.4, 0.5) is 0 Å². The number of unbranched alkanes of at least 4 members (excludes halogenated alkanes) is 21. The topological polar surface area (TPSA) is 192 Å². The van der Waals surface area contributed by atoms with Crippen molar-refractivity contribution in [2.45, 2.75) is 231 Å². The van der Waals surface area contributed by atoms with Gasteiger partial charge in [0.05, 0.1) is 19.3 Å². The first-order valence-corrected chi connectivity index (χ1v) is 26.2. The predicted octanol–water partition coefficient (Wildman–Crippen LogP) is 12.7. The molecule has 0 rings (SSSR count). The Balaban J connectivity index is 4.33. The van der Waals surface area contributed by atoms with Crippen LogP contribution in [0.25, 0.3) is 0 Å². The average molecular weight is 912 g/mol. The molecule has 0 aromatic heterocycles. The van der Waals surface area contributed by atoms with Crippen molar-refractivity contribution in [3.8, 4) is 0 Å². The van der Waals surface area contributed by atoms with Gasteiger partial charge in [0.15, 0.2) is 6.10 Å². The Kier molecular flexibility index (Phi) is 42.8. The highest BCUT2D eigenvalue weighted by molar-refractivity contribution is 7.47. The number of carbonyl (C=O) groups is 3. The maximum atomic E-state index is 12.6.